The number of alkyl halides is 2. The van der Waals surface area contributed by atoms with Crippen LogP contribution in [-0.2, 0) is 25.3 Å². The van der Waals surface area contributed by atoms with Gasteiger partial charge in [-0.15, -0.1) is 0 Å². The first-order valence-corrected chi connectivity index (χ1v) is 8.25. The number of nitrogens with zero attached hydrogens (tertiary/aromatic N) is 1. The molecule has 0 amide bonds. The predicted octanol–water partition coefficient (Wildman–Crippen LogP) is 2.44. The number of aryl methyl sites for hydroxylation is 1. The quantitative estimate of drug-likeness (QED) is 0.761. The number of carbonyl (C=O) groups excluding carboxylic acids is 2. The molecular weight excluding hydrogens is 331 g/mol. The van der Waals surface area contributed by atoms with Gasteiger partial charge in [-0.2, -0.15) is 0 Å². The van der Waals surface area contributed by atoms with Crippen LogP contribution in [0.5, 0.6) is 0 Å². The van der Waals surface area contributed by atoms with E-state index < -0.39 is 30.8 Å². The van der Waals surface area contributed by atoms with Gasteiger partial charge in [0.15, 0.2) is 0 Å². The van der Waals surface area contributed by atoms with E-state index in [0.29, 0.717) is 0 Å². The molecule has 1 aromatic carbocycles. The van der Waals surface area contributed by atoms with Crippen LogP contribution in [0.1, 0.15) is 37.2 Å². The van der Waals surface area contributed by atoms with Gasteiger partial charge in [-0.1, -0.05) is 37.6 Å². The zero-order valence-corrected chi connectivity index (χ0v) is 14.6. The number of likely N-dealkylation sites (N-methyl/N-ethyl adjacent to an activating group) is 1. The molecule has 0 aliphatic carbocycles. The van der Waals surface area contributed by atoms with Crippen molar-refractivity contribution in [2.75, 3.05) is 20.1 Å². The summed E-state index contributed by atoms with van der Waals surface area (Å²) in [6, 6.07) is 6.66. The maximum atomic E-state index is 14.3. The van der Waals surface area contributed by atoms with E-state index in [9.17, 15) is 18.4 Å². The molecule has 25 heavy (non-hydrogen) atoms. The topological polar surface area (TPSA) is 55.8 Å². The Kier molecular flexibility index (Phi) is 6.16. The van der Waals surface area contributed by atoms with Crippen LogP contribution in [0.3, 0.4) is 0 Å². The van der Waals surface area contributed by atoms with E-state index in [1.165, 1.54) is 4.90 Å². The molecule has 1 aromatic rings. The van der Waals surface area contributed by atoms with E-state index in [1.54, 1.807) is 31.3 Å². The van der Waals surface area contributed by atoms with Crippen molar-refractivity contribution in [3.63, 3.8) is 0 Å². The number of hydrogen-bond donors (Lipinski definition) is 0. The van der Waals surface area contributed by atoms with Crippen LogP contribution in [0.25, 0.3) is 0 Å². The third kappa shape index (κ3) is 5.26. The zero-order valence-electron chi connectivity index (χ0n) is 14.6. The maximum Gasteiger partial charge on any atom is 0.612 e. The number of halogens is 2. The summed E-state index contributed by atoms with van der Waals surface area (Å²) < 4.78 is 38.7. The highest BCUT2D eigenvalue weighted by Gasteiger charge is 2.52. The molecule has 136 valence electrons. The summed E-state index contributed by atoms with van der Waals surface area (Å²) >= 11 is 0. The lowest BCUT2D eigenvalue weighted by atomic mass is 9.64. The van der Waals surface area contributed by atoms with E-state index in [4.69, 9.17) is 9.31 Å². The Morgan fingerprint density at radius 1 is 1.16 bits per heavy atom. The summed E-state index contributed by atoms with van der Waals surface area (Å²) in [6.07, 6.45) is 1.78. The molecule has 2 rings (SSSR count). The Balaban J connectivity index is 2.32. The minimum Gasteiger partial charge on any atom is -0.498 e. The number of rotatable bonds is 5. The molecule has 0 spiro atoms. The minimum atomic E-state index is -3.25. The molecule has 1 aliphatic heterocycles. The second-order valence-electron chi connectivity index (χ2n) is 6.45. The Hall–Kier alpha value is -1.96. The van der Waals surface area contributed by atoms with Crippen molar-refractivity contribution in [2.45, 2.75) is 38.4 Å². The van der Waals surface area contributed by atoms with Crippen LogP contribution >= 0.6 is 0 Å². The van der Waals surface area contributed by atoms with Crippen LogP contribution in [0.2, 0.25) is 0 Å². The summed E-state index contributed by atoms with van der Waals surface area (Å²) in [6.45, 7) is 2.43. The average Bonchev–Trinajstić information content (AvgIpc) is 2.46. The molecule has 8 heteroatoms. The SMILES string of the molecule is CCCc1ccc(C(B2OC(=O)CN(C)CC(=O)O2)C(C)(F)F)cc1. The van der Waals surface area contributed by atoms with Crippen molar-refractivity contribution in [1.29, 1.82) is 0 Å². The van der Waals surface area contributed by atoms with Crippen LogP contribution < -0.4 is 0 Å². The highest BCUT2D eigenvalue weighted by Crippen LogP contribution is 2.36. The molecule has 1 aliphatic rings. The van der Waals surface area contributed by atoms with E-state index in [-0.39, 0.29) is 18.7 Å². The molecule has 1 unspecified atom stereocenters. The predicted molar refractivity (Wildman–Crippen MR) is 89.2 cm³/mol. The van der Waals surface area contributed by atoms with E-state index >= 15 is 0 Å². The number of hydrogen-bond acceptors (Lipinski definition) is 5. The van der Waals surface area contributed by atoms with Crippen molar-refractivity contribution in [3.8, 4) is 0 Å². The summed E-state index contributed by atoms with van der Waals surface area (Å²) in [7, 11) is -0.118. The summed E-state index contributed by atoms with van der Waals surface area (Å²) in [5, 5.41) is 0. The van der Waals surface area contributed by atoms with Crippen molar-refractivity contribution >= 4 is 19.1 Å². The standard InChI is InChI=1S/C17H22BF2NO4/c1-4-5-12-6-8-13(9-7-12)16(17(2,19)20)18-24-14(22)10-21(3)11-15(23)25-18/h6-9,16H,4-5,10-11H2,1-3H3. The second-order valence-corrected chi connectivity index (χ2v) is 6.45. The molecule has 0 radical (unpaired) electrons. The molecular formula is C17H22BF2NO4. The molecule has 0 aromatic heterocycles. The van der Waals surface area contributed by atoms with Gasteiger partial charge in [-0.25, -0.2) is 8.78 Å². The molecule has 1 atom stereocenters. The third-order valence-electron chi connectivity index (χ3n) is 3.99. The van der Waals surface area contributed by atoms with Gasteiger partial charge < -0.3 is 9.31 Å². The minimum absolute atomic E-state index is 0.164. The Morgan fingerprint density at radius 3 is 2.12 bits per heavy atom. The summed E-state index contributed by atoms with van der Waals surface area (Å²) in [5.74, 6) is -6.24. The van der Waals surface area contributed by atoms with E-state index in [2.05, 4.69) is 0 Å². The lowest BCUT2D eigenvalue weighted by molar-refractivity contribution is -0.146. The van der Waals surface area contributed by atoms with Crippen LogP contribution in [0, 0.1) is 0 Å². The lowest BCUT2D eigenvalue weighted by Gasteiger charge is -2.30. The third-order valence-corrected chi connectivity index (χ3v) is 3.99. The molecule has 0 N–H and O–H groups in total. The molecule has 0 bridgehead atoms. The fourth-order valence-electron chi connectivity index (χ4n) is 2.86. The van der Waals surface area contributed by atoms with Gasteiger partial charge in [-0.05, 0) is 31.5 Å². The number of carbonyl (C=O) groups is 2. The molecule has 0 saturated carbocycles. The largest absolute Gasteiger partial charge is 0.612 e. The van der Waals surface area contributed by atoms with E-state index in [1.807, 2.05) is 6.92 Å². The molecule has 1 saturated heterocycles. The Bertz CT molecular complexity index is 598. The van der Waals surface area contributed by atoms with E-state index in [0.717, 1.165) is 25.3 Å². The molecule has 5 nitrogen and oxygen atoms in total. The fourth-order valence-corrected chi connectivity index (χ4v) is 2.86. The highest BCUT2D eigenvalue weighted by molar-refractivity contribution is 6.51. The van der Waals surface area contributed by atoms with Gasteiger partial charge in [-0.3, -0.25) is 14.5 Å². The normalized spacial score (nSPS) is 18.2. The summed E-state index contributed by atoms with van der Waals surface area (Å²) in [4.78, 5) is 25.1. The Morgan fingerprint density at radius 2 is 1.68 bits per heavy atom. The first-order valence-electron chi connectivity index (χ1n) is 8.25. The van der Waals surface area contributed by atoms with Crippen molar-refractivity contribution in [2.24, 2.45) is 0 Å². The smallest absolute Gasteiger partial charge is 0.498 e. The summed E-state index contributed by atoms with van der Waals surface area (Å²) in [5.41, 5.74) is 1.28. The van der Waals surface area contributed by atoms with Gasteiger partial charge in [0, 0.05) is 0 Å². The van der Waals surface area contributed by atoms with Crippen LogP contribution in [-0.4, -0.2) is 50.0 Å². The lowest BCUT2D eigenvalue weighted by Crippen LogP contribution is -2.48. The van der Waals surface area contributed by atoms with Crippen molar-refractivity contribution in [3.05, 3.63) is 35.4 Å². The van der Waals surface area contributed by atoms with Gasteiger partial charge in [0.05, 0.1) is 13.1 Å². The van der Waals surface area contributed by atoms with Gasteiger partial charge >= 0.3 is 19.1 Å². The maximum absolute atomic E-state index is 14.3. The highest BCUT2D eigenvalue weighted by atomic mass is 19.3. The first kappa shape index (κ1) is 19.4. The van der Waals surface area contributed by atoms with Crippen molar-refractivity contribution < 1.29 is 27.7 Å². The van der Waals surface area contributed by atoms with Crippen LogP contribution in [0.4, 0.5) is 8.78 Å². The van der Waals surface area contributed by atoms with Gasteiger partial charge in [0.25, 0.3) is 5.92 Å². The average molecular weight is 353 g/mol. The fraction of sp³-hybridized carbons (Fsp3) is 0.529. The Labute approximate surface area is 146 Å². The number of benzene rings is 1. The van der Waals surface area contributed by atoms with Crippen molar-refractivity contribution in [1.82, 2.24) is 4.90 Å². The zero-order chi connectivity index (χ0) is 18.6. The monoisotopic (exact) mass is 353 g/mol. The first-order chi connectivity index (χ1) is 11.7. The molecule has 1 heterocycles. The van der Waals surface area contributed by atoms with Crippen LogP contribution in [0.15, 0.2) is 24.3 Å². The second kappa shape index (κ2) is 7.95. The van der Waals surface area contributed by atoms with Gasteiger partial charge in [0.2, 0.25) is 0 Å². The molecule has 1 fully saturated rings. The van der Waals surface area contributed by atoms with Gasteiger partial charge in [0.1, 0.15) is 5.82 Å².